The molecule has 1 aliphatic carbocycles. The minimum absolute atomic E-state index is 0.00330. The van der Waals surface area contributed by atoms with Crippen LogP contribution in [-0.2, 0) is 14.3 Å². The van der Waals surface area contributed by atoms with E-state index in [-0.39, 0.29) is 43.3 Å². The minimum Gasteiger partial charge on any atom is -0.480 e. The molecule has 2 amide bonds. The van der Waals surface area contributed by atoms with Gasteiger partial charge < -0.3 is 25.6 Å². The summed E-state index contributed by atoms with van der Waals surface area (Å²) in [4.78, 5) is 35.6. The molecule has 8 heteroatoms. The number of nitrogens with one attached hydrogen (secondary N) is 2. The number of amides is 2. The summed E-state index contributed by atoms with van der Waals surface area (Å²) in [5.41, 5.74) is 4.42. The number of aliphatic hydroxyl groups is 1. The number of benzene rings is 2. The fraction of sp³-hybridized carbons (Fsp3) is 0.444. The highest BCUT2D eigenvalue weighted by atomic mass is 16.5. The second-order valence-corrected chi connectivity index (χ2v) is 9.64. The Bertz CT molecular complexity index is 1010. The Kier molecular flexibility index (Phi) is 8.87. The van der Waals surface area contributed by atoms with E-state index < -0.39 is 18.1 Å². The van der Waals surface area contributed by atoms with Gasteiger partial charge in [-0.25, -0.2) is 9.59 Å². The van der Waals surface area contributed by atoms with Crippen LogP contribution in [0.5, 0.6) is 0 Å². The number of hydrogen-bond acceptors (Lipinski definition) is 5. The molecule has 0 bridgehead atoms. The molecule has 2 aromatic rings. The maximum absolute atomic E-state index is 12.3. The van der Waals surface area contributed by atoms with Gasteiger partial charge >= 0.3 is 12.1 Å². The van der Waals surface area contributed by atoms with Crippen molar-refractivity contribution in [3.8, 4) is 11.1 Å². The van der Waals surface area contributed by atoms with E-state index in [9.17, 15) is 14.4 Å². The average Bonchev–Trinajstić information content (AvgIpc) is 3.15. The second kappa shape index (κ2) is 11.8. The maximum Gasteiger partial charge on any atom is 0.407 e. The van der Waals surface area contributed by atoms with Crippen molar-refractivity contribution in [3.63, 3.8) is 0 Å². The van der Waals surface area contributed by atoms with Gasteiger partial charge in [0.25, 0.3) is 0 Å². The first-order valence-electron chi connectivity index (χ1n) is 11.9. The first kappa shape index (κ1) is 26.2. The molecule has 0 aromatic heterocycles. The van der Waals surface area contributed by atoms with Gasteiger partial charge in [0.05, 0.1) is 0 Å². The lowest BCUT2D eigenvalue weighted by atomic mass is 9.84. The number of carbonyl (C=O) groups excluding carboxylic acids is 2. The summed E-state index contributed by atoms with van der Waals surface area (Å²) in [7, 11) is 0. The smallest absolute Gasteiger partial charge is 0.407 e. The monoisotopic (exact) mass is 482 g/mol. The van der Waals surface area contributed by atoms with Gasteiger partial charge in [-0.3, -0.25) is 4.79 Å². The van der Waals surface area contributed by atoms with Crippen molar-refractivity contribution in [2.24, 2.45) is 5.41 Å². The zero-order valence-electron chi connectivity index (χ0n) is 20.3. The SMILES string of the molecule is CC(C)(CCNC(=O)OCC1c2ccccc2-c2ccccc21)CCC(=O)NC(CCO)C(=O)O. The molecule has 0 heterocycles. The number of carbonyl (C=O) groups is 3. The van der Waals surface area contributed by atoms with Crippen LogP contribution in [0.4, 0.5) is 4.79 Å². The third-order valence-corrected chi connectivity index (χ3v) is 6.49. The van der Waals surface area contributed by atoms with Crippen LogP contribution < -0.4 is 10.6 Å². The number of fused-ring (bicyclic) bond motifs is 3. The van der Waals surface area contributed by atoms with Crippen molar-refractivity contribution in [3.05, 3.63) is 59.7 Å². The summed E-state index contributed by atoms with van der Waals surface area (Å²) in [6.45, 7) is 4.31. The quantitative estimate of drug-likeness (QED) is 0.366. The Labute approximate surface area is 205 Å². The van der Waals surface area contributed by atoms with E-state index in [1.807, 2.05) is 38.1 Å². The number of rotatable bonds is 12. The highest BCUT2D eigenvalue weighted by molar-refractivity contribution is 5.83. The Hall–Kier alpha value is -3.39. The summed E-state index contributed by atoms with van der Waals surface area (Å²) >= 11 is 0. The lowest BCUT2D eigenvalue weighted by molar-refractivity contribution is -0.142. The first-order chi connectivity index (χ1) is 16.7. The van der Waals surface area contributed by atoms with E-state index in [0.717, 1.165) is 11.1 Å². The fourth-order valence-corrected chi connectivity index (χ4v) is 4.38. The summed E-state index contributed by atoms with van der Waals surface area (Å²) < 4.78 is 5.55. The van der Waals surface area contributed by atoms with Crippen molar-refractivity contribution in [1.29, 1.82) is 0 Å². The summed E-state index contributed by atoms with van der Waals surface area (Å²) in [5, 5.41) is 23.2. The molecular weight excluding hydrogens is 448 g/mol. The molecule has 1 aliphatic rings. The summed E-state index contributed by atoms with van der Waals surface area (Å²) in [6.07, 6.45) is 0.802. The molecule has 0 aliphatic heterocycles. The van der Waals surface area contributed by atoms with E-state index in [1.165, 1.54) is 11.1 Å². The van der Waals surface area contributed by atoms with Crippen LogP contribution in [0.15, 0.2) is 48.5 Å². The number of hydrogen-bond donors (Lipinski definition) is 4. The molecule has 1 atom stereocenters. The Morgan fingerprint density at radius 2 is 1.60 bits per heavy atom. The van der Waals surface area contributed by atoms with Crippen LogP contribution in [0.3, 0.4) is 0 Å². The molecule has 8 nitrogen and oxygen atoms in total. The van der Waals surface area contributed by atoms with E-state index in [2.05, 4.69) is 34.9 Å². The third-order valence-electron chi connectivity index (χ3n) is 6.49. The highest BCUT2D eigenvalue weighted by Gasteiger charge is 2.29. The average molecular weight is 483 g/mol. The van der Waals surface area contributed by atoms with E-state index >= 15 is 0 Å². The van der Waals surface area contributed by atoms with Crippen molar-refractivity contribution in [1.82, 2.24) is 10.6 Å². The zero-order valence-corrected chi connectivity index (χ0v) is 20.3. The molecule has 0 fully saturated rings. The van der Waals surface area contributed by atoms with Gasteiger partial charge in [-0.2, -0.15) is 0 Å². The number of aliphatic hydroxyl groups excluding tert-OH is 1. The van der Waals surface area contributed by atoms with E-state index in [0.29, 0.717) is 19.4 Å². The molecule has 0 radical (unpaired) electrons. The van der Waals surface area contributed by atoms with Gasteiger partial charge in [0, 0.05) is 31.9 Å². The van der Waals surface area contributed by atoms with Crippen LogP contribution in [-0.4, -0.2) is 54.0 Å². The number of alkyl carbamates (subject to hydrolysis) is 1. The number of ether oxygens (including phenoxy) is 1. The minimum atomic E-state index is -1.17. The predicted octanol–water partition coefficient (Wildman–Crippen LogP) is 3.67. The van der Waals surface area contributed by atoms with Crippen LogP contribution in [0.1, 0.15) is 56.6 Å². The number of aliphatic carboxylic acids is 1. The Morgan fingerprint density at radius 1 is 1.00 bits per heavy atom. The molecule has 4 N–H and O–H groups in total. The molecule has 0 spiro atoms. The number of carboxylic acids is 1. The maximum atomic E-state index is 12.3. The van der Waals surface area contributed by atoms with Crippen molar-refractivity contribution in [2.45, 2.75) is 51.5 Å². The molecule has 3 rings (SSSR count). The van der Waals surface area contributed by atoms with Crippen molar-refractivity contribution < 1.29 is 29.3 Å². The van der Waals surface area contributed by atoms with Gasteiger partial charge in [-0.05, 0) is 40.5 Å². The van der Waals surface area contributed by atoms with E-state index in [4.69, 9.17) is 14.9 Å². The van der Waals surface area contributed by atoms with Crippen LogP contribution in [0.2, 0.25) is 0 Å². The molecule has 1 unspecified atom stereocenters. The molecule has 0 saturated carbocycles. The zero-order chi connectivity index (χ0) is 25.4. The first-order valence-corrected chi connectivity index (χ1v) is 11.9. The van der Waals surface area contributed by atoms with Crippen molar-refractivity contribution in [2.75, 3.05) is 19.8 Å². The van der Waals surface area contributed by atoms with Crippen LogP contribution in [0, 0.1) is 5.41 Å². The molecular formula is C27H34N2O6. The topological polar surface area (TPSA) is 125 Å². The summed E-state index contributed by atoms with van der Waals surface area (Å²) in [5.74, 6) is -1.54. The molecule has 2 aromatic carbocycles. The van der Waals surface area contributed by atoms with Gasteiger partial charge in [0.15, 0.2) is 0 Å². The van der Waals surface area contributed by atoms with E-state index in [1.54, 1.807) is 0 Å². The molecule has 188 valence electrons. The lowest BCUT2D eigenvalue weighted by Crippen LogP contribution is -2.41. The van der Waals surface area contributed by atoms with Crippen LogP contribution in [0.25, 0.3) is 11.1 Å². The largest absolute Gasteiger partial charge is 0.480 e. The normalized spacial score (nSPS) is 13.5. The second-order valence-electron chi connectivity index (χ2n) is 9.64. The van der Waals surface area contributed by atoms with Crippen molar-refractivity contribution >= 4 is 18.0 Å². The molecule has 0 saturated heterocycles. The Morgan fingerprint density at radius 3 is 2.17 bits per heavy atom. The van der Waals surface area contributed by atoms with Gasteiger partial charge in [-0.15, -0.1) is 0 Å². The van der Waals surface area contributed by atoms with Crippen LogP contribution >= 0.6 is 0 Å². The standard InChI is InChI=1S/C27H34N2O6/c1-27(2,13-11-24(31)29-23(12-16-30)25(32)33)14-15-28-26(34)35-17-22-20-9-5-3-7-18(20)19-8-4-6-10-21(19)22/h3-10,22-23,30H,11-17H2,1-2H3,(H,28,34)(H,29,31)(H,32,33). The number of carboxylic acid groups (broad SMARTS) is 1. The third kappa shape index (κ3) is 7.05. The fourth-order valence-electron chi connectivity index (χ4n) is 4.38. The lowest BCUT2D eigenvalue weighted by Gasteiger charge is -2.25. The summed E-state index contributed by atoms with van der Waals surface area (Å²) in [6, 6.07) is 15.2. The Balaban J connectivity index is 1.42. The predicted molar refractivity (Wildman–Crippen MR) is 132 cm³/mol. The van der Waals surface area contributed by atoms with Gasteiger partial charge in [-0.1, -0.05) is 62.4 Å². The highest BCUT2D eigenvalue weighted by Crippen LogP contribution is 2.44. The molecule has 35 heavy (non-hydrogen) atoms. The van der Waals surface area contributed by atoms with Gasteiger partial charge in [0.1, 0.15) is 12.6 Å². The van der Waals surface area contributed by atoms with Gasteiger partial charge in [0.2, 0.25) is 5.91 Å².